The van der Waals surface area contributed by atoms with Crippen LogP contribution in [-0.2, 0) is 50.1 Å². The Balaban J connectivity index is -0.000000477. The zero-order chi connectivity index (χ0) is 24.5. The molecule has 2 N–H and O–H groups in total. The predicted octanol–water partition coefficient (Wildman–Crippen LogP) is 2.93. The third-order valence-electron chi connectivity index (χ3n) is 4.27. The van der Waals surface area contributed by atoms with Crippen LogP contribution in [0.1, 0.15) is 27.2 Å². The van der Waals surface area contributed by atoms with Gasteiger partial charge in [0.25, 0.3) is 0 Å². The second kappa shape index (κ2) is 19.1. The van der Waals surface area contributed by atoms with E-state index < -0.39 is 31.5 Å². The molecule has 0 bridgehead atoms. The van der Waals surface area contributed by atoms with E-state index in [1.54, 1.807) is 6.92 Å². The van der Waals surface area contributed by atoms with Crippen molar-refractivity contribution in [1.82, 2.24) is 0 Å². The monoisotopic (exact) mass is 493 g/mol. The molecular formula is C21H31FeNO7Si. The second-order valence-electron chi connectivity index (χ2n) is 7.66. The van der Waals surface area contributed by atoms with Gasteiger partial charge in [0.2, 0.25) is 5.54 Å². The molecule has 1 aliphatic rings. The van der Waals surface area contributed by atoms with Gasteiger partial charge in [0.05, 0.1) is 13.2 Å². The van der Waals surface area contributed by atoms with Gasteiger partial charge in [-0.2, -0.15) is 0 Å². The number of carbonyl (C=O) groups excluding carboxylic acids is 2. The molecule has 0 aromatic rings. The van der Waals surface area contributed by atoms with Gasteiger partial charge < -0.3 is 15.2 Å². The molecule has 0 spiro atoms. The van der Waals surface area contributed by atoms with Crippen LogP contribution in [0.3, 0.4) is 0 Å². The average Bonchev–Trinajstić information content (AvgIpc) is 2.71. The number of hydrogen-bond acceptors (Lipinski definition) is 5. The second-order valence-corrected chi connectivity index (χ2v) is 13.3. The first kappa shape index (κ1) is 36.7. The third kappa shape index (κ3) is 12.7. The fourth-order valence-corrected chi connectivity index (χ4v) is 3.46. The summed E-state index contributed by atoms with van der Waals surface area (Å²) in [7, 11) is -1.34. The molecule has 10 heteroatoms. The fourth-order valence-electron chi connectivity index (χ4n) is 2.74. The van der Waals surface area contributed by atoms with E-state index in [4.69, 9.17) is 29.2 Å². The normalized spacial score (nSPS) is 16.1. The van der Waals surface area contributed by atoms with Gasteiger partial charge in [-0.3, -0.25) is 0 Å². The van der Waals surface area contributed by atoms with Gasteiger partial charge in [-0.25, -0.2) is 9.59 Å². The minimum Gasteiger partial charge on any atom is 0 e. The molecule has 1 rings (SSSR count). The van der Waals surface area contributed by atoms with E-state index in [0.717, 1.165) is 17.2 Å². The third-order valence-corrected chi connectivity index (χ3v) is 5.97. The van der Waals surface area contributed by atoms with Crippen LogP contribution in [0.25, 0.3) is 0 Å². The van der Waals surface area contributed by atoms with Crippen LogP contribution in [0.2, 0.25) is 25.7 Å². The smallest absolute Gasteiger partial charge is 0 e. The van der Waals surface area contributed by atoms with E-state index in [2.05, 4.69) is 39.6 Å². The Morgan fingerprint density at radius 3 is 1.94 bits per heavy atom. The summed E-state index contributed by atoms with van der Waals surface area (Å²) < 4.78 is 33.0. The number of rotatable bonds is 7. The Hall–Kier alpha value is -1.66. The van der Waals surface area contributed by atoms with Gasteiger partial charge in [0.15, 0.2) is 0 Å². The summed E-state index contributed by atoms with van der Waals surface area (Å²) in [6.45, 7) is 26.1. The molecule has 174 valence electrons. The van der Waals surface area contributed by atoms with Gasteiger partial charge >= 0.3 is 45.8 Å². The largest absolute Gasteiger partial charge is 0 e. The molecule has 0 saturated carbocycles. The first-order valence-electron chi connectivity index (χ1n) is 9.12. The molecule has 0 fully saturated rings. The van der Waals surface area contributed by atoms with Crippen molar-refractivity contribution in [3.63, 3.8) is 0 Å². The first-order valence-corrected chi connectivity index (χ1v) is 12.8. The van der Waals surface area contributed by atoms with Crippen LogP contribution in [0.5, 0.6) is 0 Å². The summed E-state index contributed by atoms with van der Waals surface area (Å²) in [5, 5.41) is 0. The van der Waals surface area contributed by atoms with Gasteiger partial charge in [-0.05, 0) is 33.2 Å². The maximum absolute atomic E-state index is 12.7. The molecule has 2 unspecified atom stereocenters. The Bertz CT molecular complexity index is 663. The average molecular weight is 493 g/mol. The van der Waals surface area contributed by atoms with Crippen LogP contribution >= 0.6 is 0 Å². The van der Waals surface area contributed by atoms with E-state index in [1.807, 2.05) is 26.0 Å². The summed E-state index contributed by atoms with van der Waals surface area (Å²) in [6, 6.07) is 0.830. The SMILES string of the molecule is CCOC(=O)C(N)(C(=O)OCC[Si](C)(C)C)C1CC=C(C)C=C1C.[C-]#[O+].[C-]#[O+].[C-]#[O+].[Fe]. The molecule has 0 aliphatic heterocycles. The molecule has 0 aromatic carbocycles. The van der Waals surface area contributed by atoms with E-state index in [9.17, 15) is 9.59 Å². The number of hydrogen-bond donors (Lipinski definition) is 1. The maximum atomic E-state index is 12.7. The van der Waals surface area contributed by atoms with Gasteiger partial charge in [-0.1, -0.05) is 42.9 Å². The topological polar surface area (TPSA) is 138 Å². The van der Waals surface area contributed by atoms with E-state index in [-0.39, 0.29) is 30.3 Å². The Morgan fingerprint density at radius 1 is 1.10 bits per heavy atom. The number of esters is 2. The number of nitrogens with two attached hydrogens (primary N) is 1. The Morgan fingerprint density at radius 2 is 1.55 bits per heavy atom. The summed E-state index contributed by atoms with van der Waals surface area (Å²) in [4.78, 5) is 25.2. The number of ether oxygens (including phenoxy) is 2. The minimum atomic E-state index is -1.80. The van der Waals surface area contributed by atoms with Gasteiger partial charge in [0, 0.05) is 31.1 Å². The van der Waals surface area contributed by atoms with Crippen molar-refractivity contribution < 1.29 is 50.1 Å². The van der Waals surface area contributed by atoms with Crippen LogP contribution in [-0.4, -0.2) is 38.8 Å². The predicted molar refractivity (Wildman–Crippen MR) is 110 cm³/mol. The standard InChI is InChI=1S/C18H31NO4Si.3CO.Fe/c1-7-22-16(20)18(19,15-9-8-13(2)12-14(15)3)17(21)23-10-11-24(4,5)6;3*1-2;/h8,12,15H,7,9-11,19H2,1-6H3;;;;. The van der Waals surface area contributed by atoms with Crippen molar-refractivity contribution in [2.45, 2.75) is 58.4 Å². The number of allylic oxidation sites excluding steroid dienone is 3. The van der Waals surface area contributed by atoms with Gasteiger partial charge in [0.1, 0.15) is 0 Å². The van der Waals surface area contributed by atoms with E-state index in [0.29, 0.717) is 6.42 Å². The fraction of sp³-hybridized carbons (Fsp3) is 0.571. The van der Waals surface area contributed by atoms with Crippen LogP contribution in [0, 0.1) is 25.9 Å². The number of carbonyl (C=O) groups is 2. The zero-order valence-corrected chi connectivity index (χ0v) is 21.0. The minimum absolute atomic E-state index is 0. The molecular weight excluding hydrogens is 462 g/mol. The molecule has 1 aliphatic carbocycles. The van der Waals surface area contributed by atoms with E-state index >= 15 is 0 Å². The van der Waals surface area contributed by atoms with Crippen molar-refractivity contribution in [3.05, 3.63) is 43.2 Å². The molecule has 0 saturated heterocycles. The van der Waals surface area contributed by atoms with Crippen molar-refractivity contribution in [2.24, 2.45) is 11.7 Å². The molecule has 0 heterocycles. The molecule has 0 radical (unpaired) electrons. The van der Waals surface area contributed by atoms with Crippen molar-refractivity contribution in [2.75, 3.05) is 13.2 Å². The summed E-state index contributed by atoms with van der Waals surface area (Å²) in [5.41, 5.74) is 6.52. The zero-order valence-electron chi connectivity index (χ0n) is 18.8. The molecule has 0 aromatic heterocycles. The van der Waals surface area contributed by atoms with E-state index in [1.165, 1.54) is 0 Å². The van der Waals surface area contributed by atoms with Crippen molar-refractivity contribution in [3.8, 4) is 0 Å². The Kier molecular flexibility index (Phi) is 22.6. The summed E-state index contributed by atoms with van der Waals surface area (Å²) >= 11 is 0. The molecule has 0 amide bonds. The maximum Gasteiger partial charge on any atom is 0 e. The molecule has 8 nitrogen and oxygen atoms in total. The van der Waals surface area contributed by atoms with Crippen LogP contribution in [0.4, 0.5) is 0 Å². The van der Waals surface area contributed by atoms with Crippen LogP contribution < -0.4 is 5.73 Å². The van der Waals surface area contributed by atoms with Crippen molar-refractivity contribution in [1.29, 1.82) is 0 Å². The molecule has 31 heavy (non-hydrogen) atoms. The van der Waals surface area contributed by atoms with Crippen LogP contribution in [0.15, 0.2) is 23.3 Å². The first-order chi connectivity index (χ1) is 14.0. The van der Waals surface area contributed by atoms with Crippen molar-refractivity contribution >= 4 is 20.0 Å². The molecule has 2 atom stereocenters. The Labute approximate surface area is 196 Å². The summed E-state index contributed by atoms with van der Waals surface area (Å²) in [6.07, 6.45) is 4.45. The summed E-state index contributed by atoms with van der Waals surface area (Å²) in [5.74, 6) is -1.85. The quantitative estimate of drug-likeness (QED) is 0.191. The van der Waals surface area contributed by atoms with Gasteiger partial charge in [-0.15, -0.1) is 0 Å².